The van der Waals surface area contributed by atoms with Crippen molar-refractivity contribution in [3.05, 3.63) is 10.6 Å². The van der Waals surface area contributed by atoms with Gasteiger partial charge in [0.1, 0.15) is 0 Å². The molecule has 1 aromatic heterocycles. The number of thiazole rings is 1. The molecule has 5 heteroatoms. The van der Waals surface area contributed by atoms with Crippen molar-refractivity contribution >= 4 is 22.4 Å². The summed E-state index contributed by atoms with van der Waals surface area (Å²) in [4.78, 5) is 17.2. The van der Waals surface area contributed by atoms with Gasteiger partial charge in [0.05, 0.1) is 11.1 Å². The van der Waals surface area contributed by atoms with Crippen LogP contribution >= 0.6 is 11.3 Å². The fourth-order valence-electron chi connectivity index (χ4n) is 1.43. The summed E-state index contributed by atoms with van der Waals surface area (Å²) in [5.41, 5.74) is 6.26. The third kappa shape index (κ3) is 1.89. The number of nitrogens with zero attached hydrogens (tertiary/aromatic N) is 1. The van der Waals surface area contributed by atoms with Crippen molar-refractivity contribution in [1.29, 1.82) is 0 Å². The molecule has 82 valence electrons. The summed E-state index contributed by atoms with van der Waals surface area (Å²) in [5.74, 6) is 0.0266. The van der Waals surface area contributed by atoms with E-state index in [1.165, 1.54) is 11.3 Å². The summed E-state index contributed by atoms with van der Waals surface area (Å²) in [6.07, 6.45) is 1.80. The minimum Gasteiger partial charge on any atom is -0.329 e. The molecule has 1 heterocycles. The van der Waals surface area contributed by atoms with Gasteiger partial charge in [-0.25, -0.2) is 4.98 Å². The Kier molecular flexibility index (Phi) is 2.52. The molecule has 1 aromatic rings. The number of carbonyl (C=O) groups is 1. The van der Waals surface area contributed by atoms with Crippen molar-refractivity contribution in [2.45, 2.75) is 26.7 Å². The number of nitrogens with two attached hydrogens (primary N) is 1. The highest BCUT2D eigenvalue weighted by Gasteiger charge is 2.48. The minimum atomic E-state index is -0.298. The van der Waals surface area contributed by atoms with Crippen LogP contribution in [0, 0.1) is 19.3 Å². The molecule has 0 saturated heterocycles. The first-order valence-electron chi connectivity index (χ1n) is 5.03. The molecule has 0 spiro atoms. The maximum Gasteiger partial charge on any atom is 0.233 e. The van der Waals surface area contributed by atoms with E-state index in [9.17, 15) is 4.79 Å². The quantitative estimate of drug-likeness (QED) is 0.818. The molecular weight excluding hydrogens is 210 g/mol. The third-order valence-corrected chi connectivity index (χ3v) is 3.96. The molecule has 0 aromatic carbocycles. The number of anilines is 1. The van der Waals surface area contributed by atoms with E-state index in [0.29, 0.717) is 11.7 Å². The molecule has 0 bridgehead atoms. The van der Waals surface area contributed by atoms with Gasteiger partial charge in [0.15, 0.2) is 5.13 Å². The number of amides is 1. The number of hydrogen-bond donors (Lipinski definition) is 2. The minimum absolute atomic E-state index is 0.0266. The highest BCUT2D eigenvalue weighted by Crippen LogP contribution is 2.45. The third-order valence-electron chi connectivity index (χ3n) is 2.97. The molecule has 1 saturated carbocycles. The van der Waals surface area contributed by atoms with Crippen LogP contribution in [0.3, 0.4) is 0 Å². The lowest BCUT2D eigenvalue weighted by Crippen LogP contribution is -2.30. The standard InChI is InChI=1S/C10H15N3OS/c1-6-7(2)15-9(12-6)13-8(14)10(5-11)3-4-10/h3-5,11H2,1-2H3,(H,12,13,14). The van der Waals surface area contributed by atoms with E-state index in [2.05, 4.69) is 10.3 Å². The van der Waals surface area contributed by atoms with Crippen molar-refractivity contribution < 1.29 is 4.79 Å². The highest BCUT2D eigenvalue weighted by atomic mass is 32.1. The SMILES string of the molecule is Cc1nc(NC(=O)C2(CN)CC2)sc1C. The summed E-state index contributed by atoms with van der Waals surface area (Å²) in [6, 6.07) is 0. The molecule has 1 aliphatic carbocycles. The molecule has 15 heavy (non-hydrogen) atoms. The summed E-state index contributed by atoms with van der Waals surface area (Å²) >= 11 is 1.51. The Labute approximate surface area is 92.9 Å². The summed E-state index contributed by atoms with van der Waals surface area (Å²) in [7, 11) is 0. The Morgan fingerprint density at radius 3 is 2.67 bits per heavy atom. The Morgan fingerprint density at radius 1 is 1.60 bits per heavy atom. The first-order valence-corrected chi connectivity index (χ1v) is 5.84. The first-order chi connectivity index (χ1) is 7.07. The molecular formula is C10H15N3OS. The van der Waals surface area contributed by atoms with Crippen LogP contribution in [0.5, 0.6) is 0 Å². The van der Waals surface area contributed by atoms with E-state index in [-0.39, 0.29) is 11.3 Å². The van der Waals surface area contributed by atoms with Crippen molar-refractivity contribution in [3.63, 3.8) is 0 Å². The van der Waals surface area contributed by atoms with Crippen LogP contribution < -0.4 is 11.1 Å². The normalized spacial score (nSPS) is 17.5. The van der Waals surface area contributed by atoms with Crippen LogP contribution in [0.15, 0.2) is 0 Å². The van der Waals surface area contributed by atoms with Gasteiger partial charge in [-0.2, -0.15) is 0 Å². The predicted molar refractivity (Wildman–Crippen MR) is 60.9 cm³/mol. The van der Waals surface area contributed by atoms with E-state index in [1.807, 2.05) is 13.8 Å². The number of aryl methyl sites for hydroxylation is 2. The lowest BCUT2D eigenvalue weighted by atomic mass is 10.1. The Bertz CT molecular complexity index is 376. The molecule has 0 radical (unpaired) electrons. The molecule has 0 unspecified atom stereocenters. The number of nitrogens with one attached hydrogen (secondary N) is 1. The summed E-state index contributed by atoms with van der Waals surface area (Å²) in [5, 5.41) is 3.54. The second kappa shape index (κ2) is 3.57. The molecule has 1 fully saturated rings. The monoisotopic (exact) mass is 225 g/mol. The number of hydrogen-bond acceptors (Lipinski definition) is 4. The average Bonchev–Trinajstić information content (AvgIpc) is 2.92. The van der Waals surface area contributed by atoms with Gasteiger partial charge >= 0.3 is 0 Å². The second-order valence-corrected chi connectivity index (χ2v) is 5.30. The van der Waals surface area contributed by atoms with Crippen LogP contribution in [0.25, 0.3) is 0 Å². The highest BCUT2D eigenvalue weighted by molar-refractivity contribution is 7.15. The van der Waals surface area contributed by atoms with Gasteiger partial charge < -0.3 is 11.1 Å². The van der Waals surface area contributed by atoms with Crippen LogP contribution in [0.1, 0.15) is 23.4 Å². The molecule has 3 N–H and O–H groups in total. The van der Waals surface area contributed by atoms with Crippen molar-refractivity contribution in [2.24, 2.45) is 11.1 Å². The molecule has 2 rings (SSSR count). The van der Waals surface area contributed by atoms with Crippen LogP contribution in [-0.4, -0.2) is 17.4 Å². The Balaban J connectivity index is 2.06. The first kappa shape index (κ1) is 10.6. The van der Waals surface area contributed by atoms with E-state index in [4.69, 9.17) is 5.73 Å². The van der Waals surface area contributed by atoms with Crippen LogP contribution in [-0.2, 0) is 4.79 Å². The maximum absolute atomic E-state index is 11.8. The smallest absolute Gasteiger partial charge is 0.233 e. The van der Waals surface area contributed by atoms with Crippen LogP contribution in [0.4, 0.5) is 5.13 Å². The Morgan fingerprint density at radius 2 is 2.27 bits per heavy atom. The van der Waals surface area contributed by atoms with Gasteiger partial charge in [0, 0.05) is 11.4 Å². The van der Waals surface area contributed by atoms with Crippen molar-refractivity contribution in [1.82, 2.24) is 4.98 Å². The van der Waals surface area contributed by atoms with Crippen molar-refractivity contribution in [3.8, 4) is 0 Å². The van der Waals surface area contributed by atoms with Gasteiger partial charge in [-0.05, 0) is 26.7 Å². The summed E-state index contributed by atoms with van der Waals surface area (Å²) in [6.45, 7) is 4.37. The fraction of sp³-hybridized carbons (Fsp3) is 0.600. The Hall–Kier alpha value is -0.940. The van der Waals surface area contributed by atoms with E-state index in [1.54, 1.807) is 0 Å². The van der Waals surface area contributed by atoms with Gasteiger partial charge in [0.25, 0.3) is 0 Å². The zero-order chi connectivity index (χ0) is 11.1. The van der Waals surface area contributed by atoms with Crippen LogP contribution in [0.2, 0.25) is 0 Å². The van der Waals surface area contributed by atoms with Gasteiger partial charge in [-0.3, -0.25) is 4.79 Å². The number of carbonyl (C=O) groups excluding carboxylic acids is 1. The van der Waals surface area contributed by atoms with E-state index >= 15 is 0 Å². The molecule has 0 aliphatic heterocycles. The molecule has 1 aliphatic rings. The van der Waals surface area contributed by atoms with Gasteiger partial charge in [-0.15, -0.1) is 11.3 Å². The van der Waals surface area contributed by atoms with Gasteiger partial charge in [-0.1, -0.05) is 0 Å². The zero-order valence-corrected chi connectivity index (χ0v) is 9.78. The second-order valence-electron chi connectivity index (χ2n) is 4.10. The average molecular weight is 225 g/mol. The van der Waals surface area contributed by atoms with Crippen molar-refractivity contribution in [2.75, 3.05) is 11.9 Å². The van der Waals surface area contributed by atoms with E-state index < -0.39 is 0 Å². The van der Waals surface area contributed by atoms with Gasteiger partial charge in [0.2, 0.25) is 5.91 Å². The largest absolute Gasteiger partial charge is 0.329 e. The lowest BCUT2D eigenvalue weighted by Gasteiger charge is -2.10. The number of rotatable bonds is 3. The topological polar surface area (TPSA) is 68.0 Å². The fourth-order valence-corrected chi connectivity index (χ4v) is 2.24. The summed E-state index contributed by atoms with van der Waals surface area (Å²) < 4.78 is 0. The molecule has 4 nitrogen and oxygen atoms in total. The lowest BCUT2D eigenvalue weighted by molar-refractivity contribution is -0.120. The van der Waals surface area contributed by atoms with E-state index in [0.717, 1.165) is 23.4 Å². The maximum atomic E-state index is 11.8. The zero-order valence-electron chi connectivity index (χ0n) is 8.96. The molecule has 1 amide bonds. The predicted octanol–water partition coefficient (Wildman–Crippen LogP) is 1.44. The number of aromatic nitrogens is 1. The molecule has 0 atom stereocenters.